The molecule has 0 fully saturated rings. The summed E-state index contributed by atoms with van der Waals surface area (Å²) in [4.78, 5) is 2.28. The Morgan fingerprint density at radius 3 is 2.32 bits per heavy atom. The van der Waals surface area contributed by atoms with Crippen LogP contribution in [0.4, 0.5) is 0 Å². The van der Waals surface area contributed by atoms with Crippen molar-refractivity contribution in [2.24, 2.45) is 5.92 Å². The van der Waals surface area contributed by atoms with Crippen molar-refractivity contribution in [3.8, 4) is 0 Å². The van der Waals surface area contributed by atoms with Gasteiger partial charge in [-0.15, -0.1) is 0 Å². The van der Waals surface area contributed by atoms with E-state index in [0.29, 0.717) is 5.92 Å². The molecule has 0 spiro atoms. The van der Waals surface area contributed by atoms with E-state index in [2.05, 4.69) is 86.6 Å². The largest absolute Gasteiger partial charge is 0.363 e. The average Bonchev–Trinajstić information content (AvgIpc) is 2.33. The Balaban J connectivity index is 4.66. The van der Waals surface area contributed by atoms with Gasteiger partial charge in [0.1, 0.15) is 0 Å². The number of halogens is 1. The highest BCUT2D eigenvalue weighted by atomic mass is 127. The Bertz CT molecular complexity index is 350. The van der Waals surface area contributed by atoms with Gasteiger partial charge in [0.25, 0.3) is 0 Å². The van der Waals surface area contributed by atoms with Crippen molar-refractivity contribution in [3.05, 3.63) is 46.2 Å². The highest BCUT2D eigenvalue weighted by Crippen LogP contribution is 2.15. The first-order chi connectivity index (χ1) is 8.90. The average molecular weight is 373 g/mol. The summed E-state index contributed by atoms with van der Waals surface area (Å²) in [5, 5.41) is 0. The molecule has 0 unspecified atom stereocenters. The van der Waals surface area contributed by atoms with E-state index < -0.39 is 0 Å². The number of nitrogens with zero attached hydrogens (tertiary/aromatic N) is 1. The van der Waals surface area contributed by atoms with Crippen LogP contribution < -0.4 is 0 Å². The predicted molar refractivity (Wildman–Crippen MR) is 96.5 cm³/mol. The molecule has 0 rings (SSSR count). The van der Waals surface area contributed by atoms with Crippen molar-refractivity contribution in [2.45, 2.75) is 40.5 Å². The molecule has 0 amide bonds. The zero-order chi connectivity index (χ0) is 14.8. The Morgan fingerprint density at radius 2 is 1.89 bits per heavy atom. The van der Waals surface area contributed by atoms with Gasteiger partial charge >= 0.3 is 0 Å². The van der Waals surface area contributed by atoms with Gasteiger partial charge in [-0.3, -0.25) is 0 Å². The van der Waals surface area contributed by atoms with E-state index in [1.165, 1.54) is 5.57 Å². The van der Waals surface area contributed by atoms with Crippen LogP contribution in [0.5, 0.6) is 0 Å². The molecule has 0 saturated carbocycles. The van der Waals surface area contributed by atoms with Crippen LogP contribution in [-0.4, -0.2) is 18.0 Å². The first-order valence-electron chi connectivity index (χ1n) is 7.06. The van der Waals surface area contributed by atoms with Crippen molar-refractivity contribution in [1.82, 2.24) is 4.90 Å². The van der Waals surface area contributed by atoms with E-state index >= 15 is 0 Å². The van der Waals surface area contributed by atoms with E-state index in [0.717, 1.165) is 35.2 Å². The van der Waals surface area contributed by atoms with Crippen molar-refractivity contribution < 1.29 is 0 Å². The Labute approximate surface area is 133 Å². The Hall–Kier alpha value is -0.510. The molecule has 0 radical (unpaired) electrons. The maximum absolute atomic E-state index is 4.18. The fraction of sp³-hybridized carbons (Fsp3) is 0.529. The molecular formula is C17H28IN. The van der Waals surface area contributed by atoms with Crippen LogP contribution in [0.15, 0.2) is 46.2 Å². The van der Waals surface area contributed by atoms with Gasteiger partial charge in [0.05, 0.1) is 3.70 Å². The Morgan fingerprint density at radius 1 is 1.26 bits per heavy atom. The molecule has 0 aliphatic rings. The molecule has 19 heavy (non-hydrogen) atoms. The lowest BCUT2D eigenvalue weighted by molar-refractivity contribution is 0.405. The quantitative estimate of drug-likeness (QED) is 0.284. The van der Waals surface area contributed by atoms with Gasteiger partial charge in [0.15, 0.2) is 0 Å². The summed E-state index contributed by atoms with van der Waals surface area (Å²) in [5.74, 6) is 0.592. The van der Waals surface area contributed by atoms with Gasteiger partial charge in [0, 0.05) is 13.1 Å². The minimum absolute atomic E-state index is 0.592. The number of hydrogen-bond donors (Lipinski definition) is 0. The van der Waals surface area contributed by atoms with Gasteiger partial charge < -0.3 is 4.90 Å². The lowest BCUT2D eigenvalue weighted by Gasteiger charge is -2.23. The van der Waals surface area contributed by atoms with Crippen LogP contribution in [-0.2, 0) is 0 Å². The minimum atomic E-state index is 0.592. The molecule has 0 saturated heterocycles. The van der Waals surface area contributed by atoms with E-state index in [9.17, 15) is 0 Å². The second-order valence-corrected chi connectivity index (χ2v) is 6.38. The molecule has 0 bridgehead atoms. The van der Waals surface area contributed by atoms with E-state index in [4.69, 9.17) is 0 Å². The van der Waals surface area contributed by atoms with E-state index in [1.807, 2.05) is 0 Å². The first kappa shape index (κ1) is 18.5. The zero-order valence-electron chi connectivity index (χ0n) is 12.9. The van der Waals surface area contributed by atoms with Crippen LogP contribution >= 0.6 is 22.6 Å². The normalized spacial score (nSPS) is 12.2. The van der Waals surface area contributed by atoms with Crippen LogP contribution in [0, 0.1) is 5.92 Å². The highest BCUT2D eigenvalue weighted by molar-refractivity contribution is 14.1. The molecule has 0 aliphatic heterocycles. The molecular weight excluding hydrogens is 345 g/mol. The standard InChI is InChI=1S/C17H28IN/c1-7-11-19(16(6)18)13-15(5)12-17(8-2)10-9-14(3)4/h9-10,12,14H,5-8,11,13H2,1-4H3/b10-9-,17-12-. The molecule has 108 valence electrons. The molecule has 0 aromatic heterocycles. The maximum atomic E-state index is 4.18. The van der Waals surface area contributed by atoms with Crippen molar-refractivity contribution in [2.75, 3.05) is 13.1 Å². The SMILES string of the molecule is C=C(/C=C(\C=C/C(C)C)CC)CN(CCC)C(=C)I. The van der Waals surface area contributed by atoms with Gasteiger partial charge in [0.2, 0.25) is 0 Å². The third-order valence-corrected chi connectivity index (χ3v) is 3.41. The summed E-state index contributed by atoms with van der Waals surface area (Å²) in [7, 11) is 0. The molecule has 0 aromatic carbocycles. The Kier molecular flexibility index (Phi) is 10.0. The fourth-order valence-electron chi connectivity index (χ4n) is 1.69. The monoisotopic (exact) mass is 373 g/mol. The number of rotatable bonds is 9. The summed E-state index contributed by atoms with van der Waals surface area (Å²) in [6.07, 6.45) is 8.85. The predicted octanol–water partition coefficient (Wildman–Crippen LogP) is 5.71. The molecule has 0 heterocycles. The van der Waals surface area contributed by atoms with Crippen LogP contribution in [0.2, 0.25) is 0 Å². The minimum Gasteiger partial charge on any atom is -0.363 e. The van der Waals surface area contributed by atoms with Gasteiger partial charge in [-0.2, -0.15) is 0 Å². The zero-order valence-corrected chi connectivity index (χ0v) is 15.0. The topological polar surface area (TPSA) is 3.24 Å². The molecule has 1 nitrogen and oxygen atoms in total. The summed E-state index contributed by atoms with van der Waals surface area (Å²) in [6, 6.07) is 0. The molecule has 2 heteroatoms. The van der Waals surface area contributed by atoms with E-state index in [1.54, 1.807) is 0 Å². The third-order valence-electron chi connectivity index (χ3n) is 2.72. The molecule has 0 aliphatic carbocycles. The molecule has 0 atom stereocenters. The second-order valence-electron chi connectivity index (χ2n) is 5.13. The van der Waals surface area contributed by atoms with Crippen LogP contribution in [0.1, 0.15) is 40.5 Å². The van der Waals surface area contributed by atoms with Gasteiger partial charge in [-0.1, -0.05) is 59.1 Å². The first-order valence-corrected chi connectivity index (χ1v) is 8.14. The van der Waals surface area contributed by atoms with Gasteiger partial charge in [-0.25, -0.2) is 0 Å². The number of allylic oxidation sites excluding steroid dienone is 3. The molecule has 0 N–H and O–H groups in total. The fourth-order valence-corrected chi connectivity index (χ4v) is 2.10. The van der Waals surface area contributed by atoms with Crippen LogP contribution in [0.3, 0.4) is 0 Å². The van der Waals surface area contributed by atoms with Crippen molar-refractivity contribution in [3.63, 3.8) is 0 Å². The highest BCUT2D eigenvalue weighted by Gasteiger charge is 2.05. The van der Waals surface area contributed by atoms with Crippen molar-refractivity contribution >= 4 is 22.6 Å². The second kappa shape index (κ2) is 10.3. The van der Waals surface area contributed by atoms with Gasteiger partial charge in [-0.05, 0) is 52.5 Å². The molecule has 0 aromatic rings. The van der Waals surface area contributed by atoms with Crippen LogP contribution in [0.25, 0.3) is 0 Å². The summed E-state index contributed by atoms with van der Waals surface area (Å²) < 4.78 is 1.09. The maximum Gasteiger partial charge on any atom is 0.0687 e. The summed E-state index contributed by atoms with van der Waals surface area (Å²) in [5.41, 5.74) is 2.49. The van der Waals surface area contributed by atoms with E-state index in [-0.39, 0.29) is 0 Å². The third kappa shape index (κ3) is 9.09. The van der Waals surface area contributed by atoms with Crippen molar-refractivity contribution in [1.29, 1.82) is 0 Å². The smallest absolute Gasteiger partial charge is 0.0687 e. The lowest BCUT2D eigenvalue weighted by Crippen LogP contribution is -2.22. The summed E-state index contributed by atoms with van der Waals surface area (Å²) in [6.45, 7) is 18.9. The summed E-state index contributed by atoms with van der Waals surface area (Å²) >= 11 is 2.29. The number of hydrogen-bond acceptors (Lipinski definition) is 1. The lowest BCUT2D eigenvalue weighted by atomic mass is 10.1.